The summed E-state index contributed by atoms with van der Waals surface area (Å²) in [7, 11) is 1.51. The molecule has 1 atom stereocenters. The van der Waals surface area contributed by atoms with E-state index >= 15 is 0 Å². The summed E-state index contributed by atoms with van der Waals surface area (Å²) in [5.74, 6) is 2.65. The minimum absolute atomic E-state index is 0.114. The number of rotatable bonds is 8. The smallest absolute Gasteiger partial charge is 0.323 e. The molecule has 2 rings (SSSR count). The van der Waals surface area contributed by atoms with E-state index in [1.54, 1.807) is 42.7 Å². The van der Waals surface area contributed by atoms with Gasteiger partial charge in [-0.15, -0.1) is 0 Å². The Hall–Kier alpha value is -3.46. The van der Waals surface area contributed by atoms with Crippen LogP contribution in [0.4, 0.5) is 4.39 Å². The van der Waals surface area contributed by atoms with Gasteiger partial charge in [-0.3, -0.25) is 19.8 Å². The van der Waals surface area contributed by atoms with Crippen LogP contribution >= 0.6 is 0 Å². The van der Waals surface area contributed by atoms with Crippen LogP contribution in [0.5, 0.6) is 5.75 Å². The predicted octanol–water partition coefficient (Wildman–Crippen LogP) is 1.47. The van der Waals surface area contributed by atoms with Crippen molar-refractivity contribution in [2.24, 2.45) is 5.84 Å². The molecule has 2 amide bonds. The molecule has 1 unspecified atom stereocenters. The maximum Gasteiger partial charge on any atom is 0.323 e. The number of nitrogens with one attached hydrogen (secondary N) is 2. The molecule has 0 bridgehead atoms. The van der Waals surface area contributed by atoms with Gasteiger partial charge in [-0.1, -0.05) is 24.3 Å². The first-order chi connectivity index (χ1) is 14.4. The van der Waals surface area contributed by atoms with Gasteiger partial charge in [0.2, 0.25) is 0 Å². The van der Waals surface area contributed by atoms with E-state index in [1.165, 1.54) is 19.2 Å². The summed E-state index contributed by atoms with van der Waals surface area (Å²) >= 11 is 0. The van der Waals surface area contributed by atoms with Gasteiger partial charge in [-0.25, -0.2) is 10.2 Å². The number of amides is 2. The van der Waals surface area contributed by atoms with E-state index < -0.39 is 23.8 Å². The Morgan fingerprint density at radius 1 is 1.10 bits per heavy atom. The fourth-order valence-electron chi connectivity index (χ4n) is 2.92. The molecule has 0 aliphatic heterocycles. The Labute approximate surface area is 173 Å². The highest BCUT2D eigenvalue weighted by atomic mass is 19.1. The second-order valence-electron chi connectivity index (χ2n) is 6.40. The fraction of sp³-hybridized carbons (Fsp3) is 0.286. The van der Waals surface area contributed by atoms with E-state index in [0.29, 0.717) is 11.3 Å². The van der Waals surface area contributed by atoms with Gasteiger partial charge in [0.05, 0.1) is 20.1 Å². The fourth-order valence-corrected chi connectivity index (χ4v) is 2.92. The van der Waals surface area contributed by atoms with Gasteiger partial charge in [0.25, 0.3) is 0 Å². The summed E-state index contributed by atoms with van der Waals surface area (Å²) in [5, 5.41) is 2.48. The average Bonchev–Trinajstić information content (AvgIpc) is 2.73. The average molecular weight is 417 g/mol. The van der Waals surface area contributed by atoms with E-state index in [-0.39, 0.29) is 25.3 Å². The molecule has 160 valence electrons. The lowest BCUT2D eigenvalue weighted by atomic mass is 9.98. The number of hydrazine groups is 1. The first-order valence-electron chi connectivity index (χ1n) is 9.27. The number of carbonyl (C=O) groups excluding carboxylic acids is 3. The number of carbonyl (C=O) groups is 3. The summed E-state index contributed by atoms with van der Waals surface area (Å²) in [6.45, 7) is 1.87. The van der Waals surface area contributed by atoms with Gasteiger partial charge >= 0.3 is 17.8 Å². The molecule has 4 N–H and O–H groups in total. The van der Waals surface area contributed by atoms with Crippen LogP contribution in [0.1, 0.15) is 18.9 Å². The first kappa shape index (κ1) is 22.8. The molecule has 0 saturated carbocycles. The second kappa shape index (κ2) is 10.9. The van der Waals surface area contributed by atoms with Crippen LogP contribution in [0.15, 0.2) is 42.5 Å². The number of nitrogens with two attached hydrogens (primary N) is 1. The van der Waals surface area contributed by atoms with Gasteiger partial charge in [0.15, 0.2) is 0 Å². The highest BCUT2D eigenvalue weighted by molar-refractivity contribution is 6.35. The molecule has 0 radical (unpaired) electrons. The molecule has 8 nitrogen and oxygen atoms in total. The SMILES string of the molecule is CCOC(=O)CC(Cc1ccc(-c2cc(F)ccc2OC)cc1)NC(=O)C(=O)NN. The van der Waals surface area contributed by atoms with Crippen LogP contribution < -0.4 is 21.3 Å². The zero-order valence-corrected chi connectivity index (χ0v) is 16.7. The molecular formula is C21H24FN3O5. The summed E-state index contributed by atoms with van der Waals surface area (Å²) in [6.07, 6.45) is 0.153. The lowest BCUT2D eigenvalue weighted by Gasteiger charge is -2.18. The Bertz CT molecular complexity index is 902. The molecular weight excluding hydrogens is 393 g/mol. The molecule has 2 aromatic carbocycles. The summed E-state index contributed by atoms with van der Waals surface area (Å²) in [5.41, 5.74) is 3.87. The summed E-state index contributed by atoms with van der Waals surface area (Å²) in [6, 6.07) is 10.7. The van der Waals surface area contributed by atoms with Gasteiger partial charge in [0.1, 0.15) is 11.6 Å². The van der Waals surface area contributed by atoms with Crippen LogP contribution in [0, 0.1) is 5.82 Å². The van der Waals surface area contributed by atoms with Crippen LogP contribution in [0.3, 0.4) is 0 Å². The van der Waals surface area contributed by atoms with Crippen molar-refractivity contribution in [3.05, 3.63) is 53.8 Å². The van der Waals surface area contributed by atoms with Crippen LogP contribution in [-0.2, 0) is 25.5 Å². The summed E-state index contributed by atoms with van der Waals surface area (Å²) < 4.78 is 23.8. The van der Waals surface area contributed by atoms with Crippen molar-refractivity contribution in [2.75, 3.05) is 13.7 Å². The normalized spacial score (nSPS) is 11.3. The Morgan fingerprint density at radius 3 is 2.40 bits per heavy atom. The van der Waals surface area contributed by atoms with Gasteiger partial charge in [0, 0.05) is 11.6 Å². The van der Waals surface area contributed by atoms with E-state index in [2.05, 4.69) is 5.32 Å². The number of ether oxygens (including phenoxy) is 2. The van der Waals surface area contributed by atoms with Crippen molar-refractivity contribution >= 4 is 17.8 Å². The van der Waals surface area contributed by atoms with Crippen molar-refractivity contribution in [1.82, 2.24) is 10.7 Å². The van der Waals surface area contributed by atoms with Crippen molar-refractivity contribution in [3.63, 3.8) is 0 Å². The van der Waals surface area contributed by atoms with Gasteiger partial charge < -0.3 is 14.8 Å². The van der Waals surface area contributed by atoms with Gasteiger partial charge in [-0.05, 0) is 42.7 Å². The highest BCUT2D eigenvalue weighted by Gasteiger charge is 2.21. The predicted molar refractivity (Wildman–Crippen MR) is 108 cm³/mol. The zero-order valence-electron chi connectivity index (χ0n) is 16.7. The number of methoxy groups -OCH3 is 1. The minimum Gasteiger partial charge on any atom is -0.496 e. The van der Waals surface area contributed by atoms with E-state index in [1.807, 2.05) is 0 Å². The standard InChI is InChI=1S/C21H24FN3O5/c1-3-30-19(26)12-16(24-20(27)21(28)25-23)10-13-4-6-14(7-5-13)17-11-15(22)8-9-18(17)29-2/h4-9,11,16H,3,10,12,23H2,1-2H3,(H,24,27)(H,25,28). The lowest BCUT2D eigenvalue weighted by molar-refractivity contribution is -0.144. The number of esters is 1. The minimum atomic E-state index is -1.02. The largest absolute Gasteiger partial charge is 0.496 e. The molecule has 0 aliphatic carbocycles. The van der Waals surface area contributed by atoms with Gasteiger partial charge in [-0.2, -0.15) is 0 Å². The second-order valence-corrected chi connectivity index (χ2v) is 6.40. The maximum atomic E-state index is 13.6. The number of halogens is 1. The molecule has 0 aromatic heterocycles. The van der Waals surface area contributed by atoms with Crippen molar-refractivity contribution in [2.45, 2.75) is 25.8 Å². The van der Waals surface area contributed by atoms with Crippen LogP contribution in [-0.4, -0.2) is 37.5 Å². The van der Waals surface area contributed by atoms with Crippen molar-refractivity contribution in [3.8, 4) is 16.9 Å². The number of hydrogen-bond acceptors (Lipinski definition) is 6. The van der Waals surface area contributed by atoms with E-state index in [9.17, 15) is 18.8 Å². The number of hydrogen-bond donors (Lipinski definition) is 3. The number of benzene rings is 2. The molecule has 2 aromatic rings. The van der Waals surface area contributed by atoms with Crippen LogP contribution in [0.2, 0.25) is 0 Å². The quantitative estimate of drug-likeness (QED) is 0.197. The Kier molecular flexibility index (Phi) is 8.30. The summed E-state index contributed by atoms with van der Waals surface area (Å²) in [4.78, 5) is 35.1. The lowest BCUT2D eigenvalue weighted by Crippen LogP contribution is -2.48. The molecule has 0 aliphatic rings. The van der Waals surface area contributed by atoms with E-state index in [4.69, 9.17) is 15.3 Å². The van der Waals surface area contributed by atoms with Crippen molar-refractivity contribution < 1.29 is 28.2 Å². The molecule has 30 heavy (non-hydrogen) atoms. The molecule has 0 spiro atoms. The first-order valence-corrected chi connectivity index (χ1v) is 9.27. The van der Waals surface area contributed by atoms with Crippen LogP contribution in [0.25, 0.3) is 11.1 Å². The Morgan fingerprint density at radius 2 is 1.80 bits per heavy atom. The zero-order chi connectivity index (χ0) is 22.1. The molecule has 9 heteroatoms. The highest BCUT2D eigenvalue weighted by Crippen LogP contribution is 2.30. The maximum absolute atomic E-state index is 13.6. The topological polar surface area (TPSA) is 120 Å². The Balaban J connectivity index is 2.19. The molecule has 0 heterocycles. The molecule has 0 fully saturated rings. The third-order valence-electron chi connectivity index (χ3n) is 4.30. The van der Waals surface area contributed by atoms with Crippen molar-refractivity contribution in [1.29, 1.82) is 0 Å². The monoisotopic (exact) mass is 417 g/mol. The van der Waals surface area contributed by atoms with E-state index in [0.717, 1.165) is 11.1 Å². The molecule has 0 saturated heterocycles. The third kappa shape index (κ3) is 6.28. The third-order valence-corrected chi connectivity index (χ3v) is 4.30.